The zero-order valence-electron chi connectivity index (χ0n) is 12.5. The maximum atomic E-state index is 11.7. The van der Waals surface area contributed by atoms with Gasteiger partial charge in [0.2, 0.25) is 5.91 Å². The average Bonchev–Trinajstić information content (AvgIpc) is 2.38. The normalized spacial score (nSPS) is 22.6. The summed E-state index contributed by atoms with van der Waals surface area (Å²) in [5, 5.41) is 6.26. The van der Waals surface area contributed by atoms with Crippen molar-refractivity contribution in [3.05, 3.63) is 0 Å². The third-order valence-electron chi connectivity index (χ3n) is 4.01. The number of hydrogen-bond acceptors (Lipinski definition) is 2. The van der Waals surface area contributed by atoms with Gasteiger partial charge in [0.05, 0.1) is 0 Å². The van der Waals surface area contributed by atoms with E-state index < -0.39 is 0 Å². The van der Waals surface area contributed by atoms with Crippen molar-refractivity contribution in [1.29, 1.82) is 0 Å². The van der Waals surface area contributed by atoms with E-state index in [0.29, 0.717) is 12.5 Å². The van der Waals surface area contributed by atoms with Crippen LogP contribution in [0.3, 0.4) is 0 Å². The van der Waals surface area contributed by atoms with Gasteiger partial charge in [0, 0.05) is 12.5 Å². The Hall–Kier alpha value is -0.280. The van der Waals surface area contributed by atoms with Gasteiger partial charge < -0.3 is 10.6 Å². The molecule has 0 atom stereocenters. The van der Waals surface area contributed by atoms with Gasteiger partial charge >= 0.3 is 0 Å². The van der Waals surface area contributed by atoms with Crippen LogP contribution >= 0.6 is 12.4 Å². The van der Waals surface area contributed by atoms with Gasteiger partial charge in [-0.05, 0) is 51.6 Å². The first-order valence-corrected chi connectivity index (χ1v) is 7.70. The van der Waals surface area contributed by atoms with Crippen LogP contribution < -0.4 is 10.6 Å². The molecule has 0 saturated heterocycles. The molecule has 0 spiro atoms. The number of carbonyl (C=O) groups is 1. The zero-order valence-corrected chi connectivity index (χ0v) is 13.4. The molecule has 3 nitrogen and oxygen atoms in total. The molecule has 1 rings (SSSR count). The lowest BCUT2D eigenvalue weighted by Crippen LogP contribution is -2.37. The fraction of sp³-hybridized carbons (Fsp3) is 0.933. The van der Waals surface area contributed by atoms with Gasteiger partial charge in [0.15, 0.2) is 0 Å². The summed E-state index contributed by atoms with van der Waals surface area (Å²) in [5.41, 5.74) is 0. The molecule has 0 bridgehead atoms. The van der Waals surface area contributed by atoms with Crippen molar-refractivity contribution in [1.82, 2.24) is 10.6 Å². The third-order valence-corrected chi connectivity index (χ3v) is 4.01. The van der Waals surface area contributed by atoms with E-state index in [1.807, 2.05) is 7.05 Å². The Balaban J connectivity index is 0.00000324. The van der Waals surface area contributed by atoms with Gasteiger partial charge in [0.25, 0.3) is 0 Å². The molecule has 0 aliphatic heterocycles. The summed E-state index contributed by atoms with van der Waals surface area (Å²) < 4.78 is 0. The molecule has 1 aliphatic carbocycles. The molecule has 0 aromatic heterocycles. The van der Waals surface area contributed by atoms with E-state index in [1.54, 1.807) is 0 Å². The molecule has 1 saturated carbocycles. The van der Waals surface area contributed by atoms with E-state index in [0.717, 1.165) is 18.9 Å². The lowest BCUT2D eigenvalue weighted by molar-refractivity contribution is -0.122. The van der Waals surface area contributed by atoms with Gasteiger partial charge in [0.1, 0.15) is 0 Å². The first-order valence-electron chi connectivity index (χ1n) is 7.70. The van der Waals surface area contributed by atoms with Crippen LogP contribution in [0.1, 0.15) is 64.7 Å². The van der Waals surface area contributed by atoms with Crippen LogP contribution in [-0.4, -0.2) is 25.5 Å². The number of rotatable bonds is 8. The molecule has 0 aromatic rings. The molecule has 2 N–H and O–H groups in total. The monoisotopic (exact) mass is 290 g/mol. The Morgan fingerprint density at radius 2 is 1.84 bits per heavy atom. The van der Waals surface area contributed by atoms with Crippen molar-refractivity contribution >= 4 is 18.3 Å². The predicted molar refractivity (Wildman–Crippen MR) is 83.8 cm³/mol. The molecule has 0 unspecified atom stereocenters. The molecular weight excluding hydrogens is 260 g/mol. The first-order chi connectivity index (χ1) is 8.76. The molecule has 1 amide bonds. The SMILES string of the molecule is CCCCC1CCC(NC(=O)CCCNC)CC1.Cl. The molecule has 0 radical (unpaired) electrons. The number of nitrogens with one attached hydrogen (secondary N) is 2. The largest absolute Gasteiger partial charge is 0.353 e. The Kier molecular flexibility index (Phi) is 11.4. The Bertz CT molecular complexity index is 228. The number of halogens is 1. The van der Waals surface area contributed by atoms with Crippen LogP contribution in [0.5, 0.6) is 0 Å². The Morgan fingerprint density at radius 1 is 1.16 bits per heavy atom. The fourth-order valence-electron chi connectivity index (χ4n) is 2.81. The van der Waals surface area contributed by atoms with Crippen molar-refractivity contribution in [2.24, 2.45) is 5.92 Å². The van der Waals surface area contributed by atoms with Gasteiger partial charge in [-0.15, -0.1) is 12.4 Å². The summed E-state index contributed by atoms with van der Waals surface area (Å²) in [7, 11) is 1.93. The summed E-state index contributed by atoms with van der Waals surface area (Å²) in [6, 6.07) is 0.449. The molecule has 0 heterocycles. The van der Waals surface area contributed by atoms with Crippen molar-refractivity contribution in [3.63, 3.8) is 0 Å². The van der Waals surface area contributed by atoms with Crippen LogP contribution in [0.15, 0.2) is 0 Å². The van der Waals surface area contributed by atoms with E-state index in [1.165, 1.54) is 44.9 Å². The van der Waals surface area contributed by atoms with Crippen LogP contribution in [0.2, 0.25) is 0 Å². The van der Waals surface area contributed by atoms with Gasteiger partial charge in [-0.1, -0.05) is 26.2 Å². The van der Waals surface area contributed by atoms with Gasteiger partial charge in [-0.3, -0.25) is 4.79 Å². The second kappa shape index (κ2) is 11.5. The van der Waals surface area contributed by atoms with Crippen LogP contribution in [0.4, 0.5) is 0 Å². The highest BCUT2D eigenvalue weighted by molar-refractivity contribution is 5.85. The van der Waals surface area contributed by atoms with Crippen molar-refractivity contribution in [2.45, 2.75) is 70.8 Å². The number of unbranched alkanes of at least 4 members (excludes halogenated alkanes) is 1. The van der Waals surface area contributed by atoms with Crippen LogP contribution in [-0.2, 0) is 4.79 Å². The molecular formula is C15H31ClN2O. The van der Waals surface area contributed by atoms with Crippen LogP contribution in [0, 0.1) is 5.92 Å². The van der Waals surface area contributed by atoms with Crippen molar-refractivity contribution < 1.29 is 4.79 Å². The lowest BCUT2D eigenvalue weighted by Gasteiger charge is -2.29. The standard InChI is InChI=1S/C15H30N2O.ClH/c1-3-4-6-13-8-10-14(11-9-13)17-15(18)7-5-12-16-2;/h13-14,16H,3-12H2,1-2H3,(H,17,18);1H. The summed E-state index contributed by atoms with van der Waals surface area (Å²) in [6.07, 6.45) is 10.7. The molecule has 1 fully saturated rings. The highest BCUT2D eigenvalue weighted by atomic mass is 35.5. The van der Waals surface area contributed by atoms with E-state index in [-0.39, 0.29) is 18.3 Å². The number of hydrogen-bond donors (Lipinski definition) is 2. The summed E-state index contributed by atoms with van der Waals surface area (Å²) in [5.74, 6) is 1.16. The maximum absolute atomic E-state index is 11.7. The smallest absolute Gasteiger partial charge is 0.220 e. The van der Waals surface area contributed by atoms with Crippen molar-refractivity contribution in [2.75, 3.05) is 13.6 Å². The van der Waals surface area contributed by atoms with Crippen molar-refractivity contribution in [3.8, 4) is 0 Å². The first kappa shape index (κ1) is 18.7. The highest BCUT2D eigenvalue weighted by Gasteiger charge is 2.21. The minimum absolute atomic E-state index is 0. The van der Waals surface area contributed by atoms with Crippen LogP contribution in [0.25, 0.3) is 0 Å². The summed E-state index contributed by atoms with van der Waals surface area (Å²) in [6.45, 7) is 3.19. The molecule has 19 heavy (non-hydrogen) atoms. The quantitative estimate of drug-likeness (QED) is 0.674. The molecule has 1 aliphatic rings. The Morgan fingerprint density at radius 3 is 2.42 bits per heavy atom. The lowest BCUT2D eigenvalue weighted by atomic mass is 9.83. The maximum Gasteiger partial charge on any atom is 0.220 e. The number of carbonyl (C=O) groups excluding carboxylic acids is 1. The second-order valence-electron chi connectivity index (χ2n) is 5.63. The minimum Gasteiger partial charge on any atom is -0.353 e. The Labute approximate surface area is 124 Å². The number of amides is 1. The zero-order chi connectivity index (χ0) is 13.2. The molecule has 114 valence electrons. The topological polar surface area (TPSA) is 41.1 Å². The average molecular weight is 291 g/mol. The predicted octanol–water partition coefficient (Wildman–Crippen LogP) is 3.27. The van der Waals surface area contributed by atoms with Gasteiger partial charge in [-0.2, -0.15) is 0 Å². The molecule has 4 heteroatoms. The minimum atomic E-state index is 0. The molecule has 0 aromatic carbocycles. The highest BCUT2D eigenvalue weighted by Crippen LogP contribution is 2.28. The fourth-order valence-corrected chi connectivity index (χ4v) is 2.81. The third kappa shape index (κ3) is 8.48. The van der Waals surface area contributed by atoms with E-state index in [2.05, 4.69) is 17.6 Å². The van der Waals surface area contributed by atoms with E-state index in [9.17, 15) is 4.79 Å². The summed E-state index contributed by atoms with van der Waals surface area (Å²) >= 11 is 0. The summed E-state index contributed by atoms with van der Waals surface area (Å²) in [4.78, 5) is 11.7. The van der Waals surface area contributed by atoms with Gasteiger partial charge in [-0.25, -0.2) is 0 Å². The van der Waals surface area contributed by atoms with E-state index >= 15 is 0 Å². The second-order valence-corrected chi connectivity index (χ2v) is 5.63. The van der Waals surface area contributed by atoms with E-state index in [4.69, 9.17) is 0 Å².